The third-order valence-electron chi connectivity index (χ3n) is 4.06. The Labute approximate surface area is 117 Å². The Morgan fingerprint density at radius 3 is 2.63 bits per heavy atom. The van der Waals surface area contributed by atoms with Gasteiger partial charge in [-0.05, 0) is 32.1 Å². The van der Waals surface area contributed by atoms with Crippen LogP contribution >= 0.6 is 0 Å². The van der Waals surface area contributed by atoms with Crippen molar-refractivity contribution in [3.05, 3.63) is 0 Å². The summed E-state index contributed by atoms with van der Waals surface area (Å²) in [5.41, 5.74) is 0. The number of aliphatic hydroxyl groups is 1. The fraction of sp³-hybridized carbons (Fsp3) is 1.00. The molecule has 1 aliphatic rings. The van der Waals surface area contributed by atoms with Crippen LogP contribution < -0.4 is 0 Å². The lowest BCUT2D eigenvalue weighted by atomic mass is 9.92. The standard InChI is InChI=1S/C15H31NO3/c1-3-5-12-19-13(4-2)10-11-16(18)14-8-6-7-9-15(14)17/h13-15,17-18H,3-12H2,1-2H3/t13-,14+,15+/m0/s1. The van der Waals surface area contributed by atoms with E-state index in [0.717, 1.165) is 58.0 Å². The fourth-order valence-electron chi connectivity index (χ4n) is 2.68. The van der Waals surface area contributed by atoms with Gasteiger partial charge in [0.2, 0.25) is 0 Å². The topological polar surface area (TPSA) is 52.9 Å². The van der Waals surface area contributed by atoms with E-state index in [1.54, 1.807) is 0 Å². The van der Waals surface area contributed by atoms with Crippen molar-refractivity contribution in [3.63, 3.8) is 0 Å². The van der Waals surface area contributed by atoms with Gasteiger partial charge in [-0.25, -0.2) is 0 Å². The number of rotatable bonds is 9. The summed E-state index contributed by atoms with van der Waals surface area (Å²) in [6.45, 7) is 5.68. The Kier molecular flexibility index (Phi) is 8.62. The maximum absolute atomic E-state index is 10.1. The fourth-order valence-corrected chi connectivity index (χ4v) is 2.68. The number of ether oxygens (including phenoxy) is 1. The van der Waals surface area contributed by atoms with Gasteiger partial charge < -0.3 is 15.1 Å². The molecule has 0 bridgehead atoms. The van der Waals surface area contributed by atoms with Crippen molar-refractivity contribution < 1.29 is 15.1 Å². The van der Waals surface area contributed by atoms with Crippen LogP contribution in [0.2, 0.25) is 0 Å². The summed E-state index contributed by atoms with van der Waals surface area (Å²) in [5.74, 6) is 0. The minimum atomic E-state index is -0.375. The van der Waals surface area contributed by atoms with Crippen LogP contribution in [0.5, 0.6) is 0 Å². The Hall–Kier alpha value is -0.160. The summed E-state index contributed by atoms with van der Waals surface area (Å²) in [4.78, 5) is 0. The number of nitrogens with zero attached hydrogens (tertiary/aromatic N) is 1. The summed E-state index contributed by atoms with van der Waals surface area (Å²) < 4.78 is 5.80. The van der Waals surface area contributed by atoms with E-state index in [1.165, 1.54) is 5.06 Å². The van der Waals surface area contributed by atoms with E-state index in [9.17, 15) is 10.3 Å². The molecule has 2 N–H and O–H groups in total. The third-order valence-corrected chi connectivity index (χ3v) is 4.06. The molecule has 114 valence electrons. The van der Waals surface area contributed by atoms with E-state index in [2.05, 4.69) is 13.8 Å². The maximum atomic E-state index is 10.1. The molecule has 3 atom stereocenters. The van der Waals surface area contributed by atoms with Crippen molar-refractivity contribution >= 4 is 0 Å². The highest BCUT2D eigenvalue weighted by atomic mass is 16.5. The van der Waals surface area contributed by atoms with Crippen LogP contribution in [0.4, 0.5) is 0 Å². The normalized spacial score (nSPS) is 25.7. The molecule has 0 aliphatic heterocycles. The average Bonchev–Trinajstić information content (AvgIpc) is 2.43. The molecular formula is C15H31NO3. The molecule has 0 aromatic heterocycles. The van der Waals surface area contributed by atoms with Crippen molar-refractivity contribution in [2.45, 2.75) is 83.5 Å². The molecule has 1 saturated carbocycles. The van der Waals surface area contributed by atoms with Gasteiger partial charge in [0.1, 0.15) is 0 Å². The van der Waals surface area contributed by atoms with Gasteiger partial charge in [0.25, 0.3) is 0 Å². The van der Waals surface area contributed by atoms with Gasteiger partial charge in [0.15, 0.2) is 0 Å². The second-order valence-corrected chi connectivity index (χ2v) is 5.63. The van der Waals surface area contributed by atoms with Crippen molar-refractivity contribution in [2.24, 2.45) is 0 Å². The monoisotopic (exact) mass is 273 g/mol. The van der Waals surface area contributed by atoms with Gasteiger partial charge in [0.05, 0.1) is 18.2 Å². The van der Waals surface area contributed by atoms with Gasteiger partial charge >= 0.3 is 0 Å². The quantitative estimate of drug-likeness (QED) is 0.501. The Balaban J connectivity index is 2.24. The molecule has 0 unspecified atom stereocenters. The Morgan fingerprint density at radius 2 is 2.00 bits per heavy atom. The SMILES string of the molecule is CCCCO[C@@H](CC)CCN(O)[C@@H]1CCCC[C@H]1O. The lowest BCUT2D eigenvalue weighted by Gasteiger charge is -2.34. The number of hydrogen-bond acceptors (Lipinski definition) is 4. The summed E-state index contributed by atoms with van der Waals surface area (Å²) in [6.07, 6.45) is 7.78. The molecule has 4 heteroatoms. The lowest BCUT2D eigenvalue weighted by molar-refractivity contribution is -0.168. The molecule has 0 saturated heterocycles. The number of unbranched alkanes of at least 4 members (excludes halogenated alkanes) is 1. The number of aliphatic hydroxyl groups excluding tert-OH is 1. The molecule has 4 nitrogen and oxygen atoms in total. The first kappa shape index (κ1) is 16.9. The zero-order chi connectivity index (χ0) is 14.1. The van der Waals surface area contributed by atoms with Crippen molar-refractivity contribution in [3.8, 4) is 0 Å². The van der Waals surface area contributed by atoms with E-state index < -0.39 is 0 Å². The summed E-state index contributed by atoms with van der Waals surface area (Å²) in [7, 11) is 0. The van der Waals surface area contributed by atoms with Gasteiger partial charge in [-0.1, -0.05) is 33.1 Å². The molecule has 19 heavy (non-hydrogen) atoms. The van der Waals surface area contributed by atoms with Crippen molar-refractivity contribution in [2.75, 3.05) is 13.2 Å². The van der Waals surface area contributed by atoms with Gasteiger partial charge in [-0.2, -0.15) is 5.06 Å². The van der Waals surface area contributed by atoms with Crippen LogP contribution in [0.3, 0.4) is 0 Å². The number of hydrogen-bond donors (Lipinski definition) is 2. The summed E-state index contributed by atoms with van der Waals surface area (Å²) >= 11 is 0. The van der Waals surface area contributed by atoms with Crippen LogP contribution in [-0.2, 0) is 4.74 Å². The molecule has 0 heterocycles. The van der Waals surface area contributed by atoms with Crippen molar-refractivity contribution in [1.29, 1.82) is 0 Å². The van der Waals surface area contributed by atoms with Gasteiger partial charge in [-0.3, -0.25) is 0 Å². The Morgan fingerprint density at radius 1 is 1.26 bits per heavy atom. The molecule has 0 radical (unpaired) electrons. The first-order chi connectivity index (χ1) is 9.19. The van der Waals surface area contributed by atoms with Gasteiger partial charge in [0, 0.05) is 13.2 Å². The maximum Gasteiger partial charge on any atom is 0.0718 e. The molecule has 0 spiro atoms. The first-order valence-corrected chi connectivity index (χ1v) is 7.94. The van der Waals surface area contributed by atoms with Gasteiger partial charge in [-0.15, -0.1) is 0 Å². The highest BCUT2D eigenvalue weighted by Crippen LogP contribution is 2.22. The van der Waals surface area contributed by atoms with E-state index >= 15 is 0 Å². The second-order valence-electron chi connectivity index (χ2n) is 5.63. The average molecular weight is 273 g/mol. The summed E-state index contributed by atoms with van der Waals surface area (Å²) in [5, 5.41) is 21.3. The molecule has 0 aromatic rings. The van der Waals surface area contributed by atoms with Crippen LogP contribution in [0, 0.1) is 0 Å². The van der Waals surface area contributed by atoms with E-state index in [4.69, 9.17) is 4.74 Å². The molecule has 0 amide bonds. The molecule has 1 aliphatic carbocycles. The predicted octanol–water partition coefficient (Wildman–Crippen LogP) is 2.97. The lowest BCUT2D eigenvalue weighted by Crippen LogP contribution is -2.44. The van der Waals surface area contributed by atoms with E-state index in [-0.39, 0.29) is 18.2 Å². The predicted molar refractivity (Wildman–Crippen MR) is 76.3 cm³/mol. The molecular weight excluding hydrogens is 242 g/mol. The Bertz CT molecular complexity index is 225. The van der Waals surface area contributed by atoms with Crippen LogP contribution in [0.25, 0.3) is 0 Å². The minimum absolute atomic E-state index is 0.0816. The third kappa shape index (κ3) is 6.21. The van der Waals surface area contributed by atoms with Crippen LogP contribution in [0.1, 0.15) is 65.2 Å². The van der Waals surface area contributed by atoms with E-state index in [1.807, 2.05) is 0 Å². The zero-order valence-electron chi connectivity index (χ0n) is 12.6. The first-order valence-electron chi connectivity index (χ1n) is 7.94. The molecule has 1 rings (SSSR count). The van der Waals surface area contributed by atoms with E-state index in [0.29, 0.717) is 6.54 Å². The minimum Gasteiger partial charge on any atom is -0.391 e. The second kappa shape index (κ2) is 9.70. The molecule has 1 fully saturated rings. The zero-order valence-corrected chi connectivity index (χ0v) is 12.6. The summed E-state index contributed by atoms with van der Waals surface area (Å²) in [6, 6.07) is -0.0816. The highest BCUT2D eigenvalue weighted by molar-refractivity contribution is 4.79. The van der Waals surface area contributed by atoms with Crippen LogP contribution in [0.15, 0.2) is 0 Å². The molecule has 0 aromatic carbocycles. The number of hydroxylamine groups is 2. The largest absolute Gasteiger partial charge is 0.391 e. The van der Waals surface area contributed by atoms with Crippen LogP contribution in [-0.4, -0.2) is 46.8 Å². The highest BCUT2D eigenvalue weighted by Gasteiger charge is 2.28. The van der Waals surface area contributed by atoms with Crippen molar-refractivity contribution in [1.82, 2.24) is 5.06 Å². The smallest absolute Gasteiger partial charge is 0.0718 e.